The van der Waals surface area contributed by atoms with Gasteiger partial charge < -0.3 is 10.6 Å². The van der Waals surface area contributed by atoms with Gasteiger partial charge in [-0.05, 0) is 36.6 Å². The van der Waals surface area contributed by atoms with Gasteiger partial charge in [0.25, 0.3) is 0 Å². The first-order valence-corrected chi connectivity index (χ1v) is 8.52. The Bertz CT molecular complexity index is 444. The van der Waals surface area contributed by atoms with E-state index in [-0.39, 0.29) is 0 Å². The summed E-state index contributed by atoms with van der Waals surface area (Å²) in [4.78, 5) is 4.25. The number of nitrogens with zero attached hydrogens (tertiary/aromatic N) is 1. The van der Waals surface area contributed by atoms with Crippen LogP contribution < -0.4 is 10.6 Å². The summed E-state index contributed by atoms with van der Waals surface area (Å²) in [6, 6.07) is 7.97. The maximum atomic E-state index is 6.14. The smallest absolute Gasteiger partial charge is 0.191 e. The fraction of sp³-hybridized carbons (Fsp3) is 0.533. The molecule has 1 aliphatic heterocycles. The largest absolute Gasteiger partial charge is 0.356 e. The maximum absolute atomic E-state index is 6.14. The van der Waals surface area contributed by atoms with Crippen LogP contribution in [-0.4, -0.2) is 37.1 Å². The Morgan fingerprint density at radius 3 is 2.95 bits per heavy atom. The van der Waals surface area contributed by atoms with Crippen molar-refractivity contribution in [3.63, 3.8) is 0 Å². The molecule has 0 bridgehead atoms. The molecule has 1 aromatic rings. The van der Waals surface area contributed by atoms with Crippen molar-refractivity contribution in [2.24, 2.45) is 4.99 Å². The zero-order valence-corrected chi connectivity index (χ0v) is 13.4. The fourth-order valence-electron chi connectivity index (χ4n) is 2.25. The van der Waals surface area contributed by atoms with Crippen molar-refractivity contribution in [1.82, 2.24) is 10.6 Å². The van der Waals surface area contributed by atoms with Crippen molar-refractivity contribution in [3.05, 3.63) is 34.9 Å². The van der Waals surface area contributed by atoms with Crippen LogP contribution in [0.5, 0.6) is 0 Å². The van der Waals surface area contributed by atoms with Crippen molar-refractivity contribution in [2.75, 3.05) is 25.9 Å². The number of hydrogen-bond donors (Lipinski definition) is 2. The predicted octanol–water partition coefficient (Wildman–Crippen LogP) is 2.94. The van der Waals surface area contributed by atoms with Crippen LogP contribution in [0.2, 0.25) is 5.02 Å². The molecule has 1 heterocycles. The zero-order valence-electron chi connectivity index (χ0n) is 11.9. The van der Waals surface area contributed by atoms with Gasteiger partial charge in [0.1, 0.15) is 0 Å². The van der Waals surface area contributed by atoms with E-state index in [1.807, 2.05) is 25.2 Å². The predicted molar refractivity (Wildman–Crippen MR) is 90.0 cm³/mol. The number of hydrogen-bond acceptors (Lipinski definition) is 2. The molecular weight excluding hydrogens is 290 g/mol. The van der Waals surface area contributed by atoms with Crippen LogP contribution in [0.4, 0.5) is 0 Å². The summed E-state index contributed by atoms with van der Waals surface area (Å²) in [7, 11) is 1.81. The topological polar surface area (TPSA) is 36.4 Å². The quantitative estimate of drug-likeness (QED) is 0.648. The van der Waals surface area contributed by atoms with Crippen LogP contribution in [0.3, 0.4) is 0 Å². The van der Waals surface area contributed by atoms with Gasteiger partial charge in [0, 0.05) is 30.4 Å². The van der Waals surface area contributed by atoms with E-state index < -0.39 is 0 Å². The summed E-state index contributed by atoms with van der Waals surface area (Å²) in [6.45, 7) is 1.83. The first-order valence-electron chi connectivity index (χ1n) is 7.09. The first-order chi connectivity index (χ1) is 9.79. The van der Waals surface area contributed by atoms with Gasteiger partial charge in [-0.2, -0.15) is 11.8 Å². The molecule has 1 fully saturated rings. The Labute approximate surface area is 130 Å². The molecule has 0 spiro atoms. The number of guanidine groups is 1. The highest BCUT2D eigenvalue weighted by Gasteiger charge is 2.15. The second kappa shape index (κ2) is 8.42. The van der Waals surface area contributed by atoms with E-state index in [0.29, 0.717) is 0 Å². The van der Waals surface area contributed by atoms with E-state index in [2.05, 4.69) is 33.5 Å². The van der Waals surface area contributed by atoms with Crippen LogP contribution in [0.25, 0.3) is 0 Å². The first kappa shape index (κ1) is 15.5. The highest BCUT2D eigenvalue weighted by molar-refractivity contribution is 8.00. The Morgan fingerprint density at radius 2 is 2.25 bits per heavy atom. The Balaban J connectivity index is 1.70. The molecule has 1 aliphatic rings. The monoisotopic (exact) mass is 311 g/mol. The average Bonchev–Trinajstić information content (AvgIpc) is 2.98. The lowest BCUT2D eigenvalue weighted by Crippen LogP contribution is -2.40. The van der Waals surface area contributed by atoms with Crippen molar-refractivity contribution in [1.29, 1.82) is 0 Å². The lowest BCUT2D eigenvalue weighted by Gasteiger charge is -2.15. The summed E-state index contributed by atoms with van der Waals surface area (Å²) in [5.74, 6) is 2.18. The van der Waals surface area contributed by atoms with Crippen molar-refractivity contribution >= 4 is 29.3 Å². The number of halogens is 1. The molecule has 0 aliphatic carbocycles. The molecule has 0 amide bonds. The second-order valence-corrected chi connectivity index (χ2v) is 6.67. The van der Waals surface area contributed by atoms with E-state index in [0.717, 1.165) is 35.7 Å². The van der Waals surface area contributed by atoms with Gasteiger partial charge in [-0.15, -0.1) is 0 Å². The highest BCUT2D eigenvalue weighted by atomic mass is 35.5. The average molecular weight is 312 g/mol. The maximum Gasteiger partial charge on any atom is 0.191 e. The highest BCUT2D eigenvalue weighted by Crippen LogP contribution is 2.25. The summed E-state index contributed by atoms with van der Waals surface area (Å²) < 4.78 is 0. The van der Waals surface area contributed by atoms with Crippen LogP contribution >= 0.6 is 23.4 Å². The summed E-state index contributed by atoms with van der Waals surface area (Å²) >= 11 is 8.20. The van der Waals surface area contributed by atoms with E-state index in [4.69, 9.17) is 11.6 Å². The van der Waals surface area contributed by atoms with E-state index >= 15 is 0 Å². The number of benzene rings is 1. The third kappa shape index (κ3) is 4.91. The summed E-state index contributed by atoms with van der Waals surface area (Å²) in [6.07, 6.45) is 3.56. The molecule has 3 nitrogen and oxygen atoms in total. The lowest BCUT2D eigenvalue weighted by molar-refractivity contribution is 0.724. The van der Waals surface area contributed by atoms with Gasteiger partial charge in [-0.25, -0.2) is 0 Å². The molecule has 1 aromatic carbocycles. The molecule has 1 atom stereocenters. The van der Waals surface area contributed by atoms with Gasteiger partial charge in [-0.1, -0.05) is 29.8 Å². The molecule has 0 saturated carbocycles. The molecule has 2 N–H and O–H groups in total. The lowest BCUT2D eigenvalue weighted by atomic mass is 10.1. The standard InChI is InChI=1S/C15H22ClN3S/c1-17-15(19-11-13-6-4-10-20-13)18-9-8-12-5-2-3-7-14(12)16/h2-3,5,7,13H,4,6,8-11H2,1H3,(H2,17,18,19). The van der Waals surface area contributed by atoms with Gasteiger partial charge in [0.05, 0.1) is 0 Å². The number of rotatable bonds is 5. The van der Waals surface area contributed by atoms with E-state index in [1.165, 1.54) is 24.2 Å². The normalized spacial score (nSPS) is 19.1. The second-order valence-electron chi connectivity index (χ2n) is 4.86. The fourth-order valence-corrected chi connectivity index (χ4v) is 3.68. The Kier molecular flexibility index (Phi) is 6.54. The minimum atomic E-state index is 0.733. The molecule has 110 valence electrons. The number of nitrogens with one attached hydrogen (secondary N) is 2. The minimum absolute atomic E-state index is 0.733. The number of thioether (sulfide) groups is 1. The van der Waals surface area contributed by atoms with Crippen LogP contribution in [0.1, 0.15) is 18.4 Å². The van der Waals surface area contributed by atoms with Crippen molar-refractivity contribution < 1.29 is 0 Å². The van der Waals surface area contributed by atoms with E-state index in [9.17, 15) is 0 Å². The molecule has 2 rings (SSSR count). The van der Waals surface area contributed by atoms with Crippen LogP contribution in [-0.2, 0) is 6.42 Å². The molecule has 0 radical (unpaired) electrons. The minimum Gasteiger partial charge on any atom is -0.356 e. The summed E-state index contributed by atoms with van der Waals surface area (Å²) in [5.41, 5.74) is 1.17. The van der Waals surface area contributed by atoms with Crippen LogP contribution in [0.15, 0.2) is 29.3 Å². The molecule has 1 saturated heterocycles. The Morgan fingerprint density at radius 1 is 1.40 bits per heavy atom. The molecule has 5 heteroatoms. The third-order valence-corrected chi connectivity index (χ3v) is 5.16. The van der Waals surface area contributed by atoms with Gasteiger partial charge in [-0.3, -0.25) is 4.99 Å². The zero-order chi connectivity index (χ0) is 14.2. The van der Waals surface area contributed by atoms with Crippen LogP contribution in [0, 0.1) is 0 Å². The third-order valence-electron chi connectivity index (χ3n) is 3.39. The molecule has 20 heavy (non-hydrogen) atoms. The molecule has 0 aromatic heterocycles. The summed E-state index contributed by atoms with van der Waals surface area (Å²) in [5, 5.41) is 8.30. The van der Waals surface area contributed by atoms with Gasteiger partial charge in [0.2, 0.25) is 0 Å². The Hall–Kier alpha value is -0.870. The molecule has 1 unspecified atom stereocenters. The number of aliphatic imine (C=N–C) groups is 1. The van der Waals surface area contributed by atoms with E-state index in [1.54, 1.807) is 0 Å². The molecular formula is C15H22ClN3S. The van der Waals surface area contributed by atoms with Gasteiger partial charge >= 0.3 is 0 Å². The van der Waals surface area contributed by atoms with Crippen molar-refractivity contribution in [3.8, 4) is 0 Å². The SMILES string of the molecule is CN=C(NCCc1ccccc1Cl)NCC1CCCS1. The van der Waals surface area contributed by atoms with Crippen molar-refractivity contribution in [2.45, 2.75) is 24.5 Å². The van der Waals surface area contributed by atoms with Gasteiger partial charge in [0.15, 0.2) is 5.96 Å².